The molecule has 4 heteroatoms. The van der Waals surface area contributed by atoms with E-state index in [2.05, 4.69) is 21.8 Å². The van der Waals surface area contributed by atoms with Crippen LogP contribution in [0.3, 0.4) is 0 Å². The number of fused-ring (bicyclic) bond motifs is 1. The van der Waals surface area contributed by atoms with Gasteiger partial charge in [-0.2, -0.15) is 0 Å². The number of aromatic nitrogens is 2. The van der Waals surface area contributed by atoms with Crippen LogP contribution in [0.25, 0.3) is 0 Å². The molecule has 0 aromatic carbocycles. The van der Waals surface area contributed by atoms with Crippen LogP contribution >= 0.6 is 11.3 Å². The topological polar surface area (TPSA) is 42.9 Å². The third-order valence-electron chi connectivity index (χ3n) is 3.01. The maximum absolute atomic E-state index is 11.7. The van der Waals surface area contributed by atoms with Crippen LogP contribution in [0, 0.1) is 18.8 Å². The van der Waals surface area contributed by atoms with E-state index in [1.54, 1.807) is 0 Å². The highest BCUT2D eigenvalue weighted by atomic mass is 32.1. The van der Waals surface area contributed by atoms with E-state index in [-0.39, 0.29) is 5.78 Å². The average Bonchev–Trinajstić information content (AvgIpc) is 2.82. The number of ketones is 1. The molecule has 0 spiro atoms. The molecule has 19 heavy (non-hydrogen) atoms. The van der Waals surface area contributed by atoms with Crippen molar-refractivity contribution in [3.05, 3.63) is 45.2 Å². The second-order valence-electron chi connectivity index (χ2n) is 4.51. The van der Waals surface area contributed by atoms with Gasteiger partial charge in [0.05, 0.1) is 5.69 Å². The van der Waals surface area contributed by atoms with Crippen molar-refractivity contribution in [2.45, 2.75) is 26.2 Å². The van der Waals surface area contributed by atoms with E-state index >= 15 is 0 Å². The van der Waals surface area contributed by atoms with Crippen LogP contribution in [0.1, 0.15) is 45.3 Å². The fourth-order valence-corrected chi connectivity index (χ4v) is 2.74. The second-order valence-corrected chi connectivity index (χ2v) is 5.37. The lowest BCUT2D eigenvalue weighted by Gasteiger charge is -2.12. The van der Waals surface area contributed by atoms with Gasteiger partial charge in [-0.05, 0) is 43.7 Å². The molecule has 0 N–H and O–H groups in total. The summed E-state index contributed by atoms with van der Waals surface area (Å²) in [4.78, 5) is 20.5. The van der Waals surface area contributed by atoms with Crippen molar-refractivity contribution >= 4 is 17.1 Å². The van der Waals surface area contributed by atoms with Crippen LogP contribution in [0.5, 0.6) is 0 Å². The Morgan fingerprint density at radius 1 is 1.21 bits per heavy atom. The Labute approximate surface area is 115 Å². The van der Waals surface area contributed by atoms with Gasteiger partial charge in [-0.1, -0.05) is 0 Å². The number of thiazole rings is 1. The summed E-state index contributed by atoms with van der Waals surface area (Å²) in [6.45, 7) is 1.95. The summed E-state index contributed by atoms with van der Waals surface area (Å²) in [5, 5.41) is 2.77. The van der Waals surface area contributed by atoms with Gasteiger partial charge in [-0.15, -0.1) is 11.3 Å². The highest BCUT2D eigenvalue weighted by Crippen LogP contribution is 2.19. The van der Waals surface area contributed by atoms with E-state index in [1.165, 1.54) is 11.3 Å². The SMILES string of the molecule is Cc1csc(C#Cc2ccc3c(n2)CCCC3=O)n1. The molecule has 0 aliphatic heterocycles. The molecule has 1 aliphatic rings. The number of Topliss-reactive ketones (excluding diaryl/α,β-unsaturated/α-hetero) is 1. The van der Waals surface area contributed by atoms with Crippen LogP contribution in [0.4, 0.5) is 0 Å². The van der Waals surface area contributed by atoms with Gasteiger partial charge in [0, 0.05) is 23.1 Å². The fraction of sp³-hybridized carbons (Fsp3) is 0.267. The van der Waals surface area contributed by atoms with Crippen molar-refractivity contribution in [2.75, 3.05) is 0 Å². The lowest BCUT2D eigenvalue weighted by Crippen LogP contribution is -2.12. The number of pyridine rings is 1. The number of carbonyl (C=O) groups excluding carboxylic acids is 1. The first-order valence-corrected chi connectivity index (χ1v) is 7.07. The zero-order valence-electron chi connectivity index (χ0n) is 10.6. The molecule has 94 valence electrons. The van der Waals surface area contributed by atoms with Gasteiger partial charge in [0.25, 0.3) is 0 Å². The molecular formula is C15H12N2OS. The van der Waals surface area contributed by atoms with Gasteiger partial charge >= 0.3 is 0 Å². The molecule has 1 aliphatic carbocycles. The first-order chi connectivity index (χ1) is 9.22. The summed E-state index contributed by atoms with van der Waals surface area (Å²) in [6, 6.07) is 3.66. The first kappa shape index (κ1) is 12.1. The van der Waals surface area contributed by atoms with Crippen molar-refractivity contribution in [1.29, 1.82) is 0 Å². The maximum Gasteiger partial charge on any atom is 0.167 e. The first-order valence-electron chi connectivity index (χ1n) is 6.19. The van der Waals surface area contributed by atoms with Gasteiger partial charge in [-0.3, -0.25) is 4.79 Å². The van der Waals surface area contributed by atoms with E-state index in [0.29, 0.717) is 12.1 Å². The van der Waals surface area contributed by atoms with Crippen molar-refractivity contribution in [2.24, 2.45) is 0 Å². The second kappa shape index (κ2) is 4.94. The largest absolute Gasteiger partial charge is 0.294 e. The number of rotatable bonds is 0. The number of hydrogen-bond donors (Lipinski definition) is 0. The van der Waals surface area contributed by atoms with Crippen molar-refractivity contribution in [3.63, 3.8) is 0 Å². The Morgan fingerprint density at radius 2 is 2.11 bits per heavy atom. The highest BCUT2D eigenvalue weighted by Gasteiger charge is 2.17. The van der Waals surface area contributed by atoms with Crippen molar-refractivity contribution < 1.29 is 4.79 Å². The van der Waals surface area contributed by atoms with Gasteiger partial charge in [0.2, 0.25) is 0 Å². The Bertz CT molecular complexity index is 706. The number of nitrogens with zero attached hydrogens (tertiary/aromatic N) is 2. The molecule has 0 bridgehead atoms. The summed E-state index contributed by atoms with van der Waals surface area (Å²) in [6.07, 6.45) is 2.40. The minimum absolute atomic E-state index is 0.198. The molecule has 0 fully saturated rings. The predicted molar refractivity (Wildman–Crippen MR) is 74.3 cm³/mol. The number of hydrogen-bond acceptors (Lipinski definition) is 4. The van der Waals surface area contributed by atoms with Crippen LogP contribution < -0.4 is 0 Å². The minimum atomic E-state index is 0.198. The Kier molecular flexibility index (Phi) is 3.14. The van der Waals surface area contributed by atoms with Crippen LogP contribution in [0.2, 0.25) is 0 Å². The molecule has 2 aromatic heterocycles. The Hall–Kier alpha value is -1.99. The standard InChI is InChI=1S/C15H12N2OS/c1-10-9-19-15(16-10)8-6-11-5-7-12-13(17-11)3-2-4-14(12)18/h5,7,9H,2-4H2,1H3. The van der Waals surface area contributed by atoms with Gasteiger partial charge < -0.3 is 0 Å². The molecule has 0 amide bonds. The number of aryl methyl sites for hydroxylation is 2. The van der Waals surface area contributed by atoms with Crippen LogP contribution in [-0.2, 0) is 6.42 Å². The summed E-state index contributed by atoms with van der Waals surface area (Å²) in [5.74, 6) is 6.22. The summed E-state index contributed by atoms with van der Waals surface area (Å²) in [5.41, 5.74) is 3.35. The molecule has 2 heterocycles. The minimum Gasteiger partial charge on any atom is -0.294 e. The van der Waals surface area contributed by atoms with E-state index in [9.17, 15) is 4.79 Å². The van der Waals surface area contributed by atoms with Crippen molar-refractivity contribution in [1.82, 2.24) is 9.97 Å². The maximum atomic E-state index is 11.7. The van der Waals surface area contributed by atoms with Crippen LogP contribution in [0.15, 0.2) is 17.5 Å². The average molecular weight is 268 g/mol. The van der Waals surface area contributed by atoms with E-state index in [0.717, 1.165) is 34.8 Å². The predicted octanol–water partition coefficient (Wildman–Crippen LogP) is 2.77. The van der Waals surface area contributed by atoms with Crippen molar-refractivity contribution in [3.8, 4) is 11.8 Å². The molecule has 3 rings (SSSR count). The molecule has 3 nitrogen and oxygen atoms in total. The number of carbonyl (C=O) groups is 1. The lowest BCUT2D eigenvalue weighted by atomic mass is 9.94. The van der Waals surface area contributed by atoms with Gasteiger partial charge in [-0.25, -0.2) is 9.97 Å². The highest BCUT2D eigenvalue weighted by molar-refractivity contribution is 7.10. The van der Waals surface area contributed by atoms with E-state index < -0.39 is 0 Å². The zero-order chi connectivity index (χ0) is 13.2. The zero-order valence-corrected chi connectivity index (χ0v) is 11.4. The lowest BCUT2D eigenvalue weighted by molar-refractivity contribution is 0.0971. The van der Waals surface area contributed by atoms with E-state index in [4.69, 9.17) is 0 Å². The van der Waals surface area contributed by atoms with Gasteiger partial charge in [0.15, 0.2) is 10.8 Å². The molecule has 0 saturated carbocycles. The normalized spacial score (nSPS) is 13.6. The van der Waals surface area contributed by atoms with E-state index in [1.807, 2.05) is 24.4 Å². The quantitative estimate of drug-likeness (QED) is 0.690. The van der Waals surface area contributed by atoms with Gasteiger partial charge in [0.1, 0.15) is 5.69 Å². The molecule has 0 radical (unpaired) electrons. The smallest absolute Gasteiger partial charge is 0.167 e. The molecule has 0 unspecified atom stereocenters. The third-order valence-corrected chi connectivity index (χ3v) is 3.88. The molecule has 0 atom stereocenters. The molecule has 2 aromatic rings. The monoisotopic (exact) mass is 268 g/mol. The Balaban J connectivity index is 1.91. The Morgan fingerprint density at radius 3 is 2.89 bits per heavy atom. The summed E-state index contributed by atoms with van der Waals surface area (Å²) < 4.78 is 0. The molecule has 0 saturated heterocycles. The summed E-state index contributed by atoms with van der Waals surface area (Å²) in [7, 11) is 0. The molecular weight excluding hydrogens is 256 g/mol. The third kappa shape index (κ3) is 2.56. The fourth-order valence-electron chi connectivity index (χ4n) is 2.10. The summed E-state index contributed by atoms with van der Waals surface area (Å²) >= 11 is 1.53. The van der Waals surface area contributed by atoms with Crippen LogP contribution in [-0.4, -0.2) is 15.8 Å².